The number of hydrogen-bond acceptors (Lipinski definition) is 6. The van der Waals surface area contributed by atoms with Crippen molar-refractivity contribution < 1.29 is 19.1 Å². The lowest BCUT2D eigenvalue weighted by Gasteiger charge is -2.11. The SMILES string of the molecule is CCOC(=O)c1c(NC(=O)c2ccnn2COc2ccccc2Cl)sc(C)c1C. The van der Waals surface area contributed by atoms with Gasteiger partial charge in [0.2, 0.25) is 0 Å². The summed E-state index contributed by atoms with van der Waals surface area (Å²) < 4.78 is 12.2. The topological polar surface area (TPSA) is 82.5 Å². The van der Waals surface area contributed by atoms with E-state index in [1.54, 1.807) is 37.3 Å². The number of ether oxygens (including phenoxy) is 2. The molecular weight excluding hydrogens is 414 g/mol. The number of carbonyl (C=O) groups is 2. The normalized spacial score (nSPS) is 10.6. The van der Waals surface area contributed by atoms with Crippen molar-refractivity contribution >= 4 is 39.8 Å². The van der Waals surface area contributed by atoms with Gasteiger partial charge in [0.05, 0.1) is 17.2 Å². The van der Waals surface area contributed by atoms with Crippen molar-refractivity contribution in [3.63, 3.8) is 0 Å². The van der Waals surface area contributed by atoms with E-state index >= 15 is 0 Å². The minimum Gasteiger partial charge on any atom is -0.470 e. The maximum absolute atomic E-state index is 12.8. The number of hydrogen-bond donors (Lipinski definition) is 1. The van der Waals surface area contributed by atoms with Gasteiger partial charge in [-0.25, -0.2) is 9.48 Å². The van der Waals surface area contributed by atoms with Gasteiger partial charge in [0, 0.05) is 11.1 Å². The lowest BCUT2D eigenvalue weighted by atomic mass is 10.1. The molecule has 1 N–H and O–H groups in total. The van der Waals surface area contributed by atoms with Crippen LogP contribution in [0.5, 0.6) is 5.75 Å². The molecule has 3 rings (SSSR count). The summed E-state index contributed by atoms with van der Waals surface area (Å²) in [5.74, 6) is -0.373. The number of esters is 1. The van der Waals surface area contributed by atoms with Gasteiger partial charge in [-0.15, -0.1) is 11.3 Å². The van der Waals surface area contributed by atoms with Crippen molar-refractivity contribution in [3.05, 3.63) is 63.2 Å². The molecule has 3 aromatic rings. The third kappa shape index (κ3) is 4.60. The van der Waals surface area contributed by atoms with Crippen LogP contribution in [0.3, 0.4) is 0 Å². The molecule has 152 valence electrons. The van der Waals surface area contributed by atoms with E-state index in [2.05, 4.69) is 10.4 Å². The van der Waals surface area contributed by atoms with Crippen molar-refractivity contribution in [1.29, 1.82) is 0 Å². The highest BCUT2D eigenvalue weighted by Gasteiger charge is 2.23. The Morgan fingerprint density at radius 3 is 2.72 bits per heavy atom. The fourth-order valence-electron chi connectivity index (χ4n) is 2.65. The van der Waals surface area contributed by atoms with Crippen LogP contribution >= 0.6 is 22.9 Å². The number of benzene rings is 1. The van der Waals surface area contributed by atoms with Crippen LogP contribution in [0.1, 0.15) is 38.2 Å². The zero-order chi connectivity index (χ0) is 21.0. The Labute approximate surface area is 177 Å². The number of halogens is 1. The first-order valence-corrected chi connectivity index (χ1v) is 10.1. The van der Waals surface area contributed by atoms with E-state index in [4.69, 9.17) is 21.1 Å². The Balaban J connectivity index is 1.78. The van der Waals surface area contributed by atoms with E-state index in [-0.39, 0.29) is 19.0 Å². The van der Waals surface area contributed by atoms with Gasteiger partial charge < -0.3 is 14.8 Å². The summed E-state index contributed by atoms with van der Waals surface area (Å²) >= 11 is 7.42. The predicted molar refractivity (Wildman–Crippen MR) is 112 cm³/mol. The van der Waals surface area contributed by atoms with Gasteiger partial charge in [-0.2, -0.15) is 5.10 Å². The lowest BCUT2D eigenvalue weighted by molar-refractivity contribution is 0.0527. The zero-order valence-corrected chi connectivity index (χ0v) is 17.8. The molecule has 9 heteroatoms. The molecule has 0 unspecified atom stereocenters. The molecule has 1 aromatic carbocycles. The number of rotatable bonds is 7. The minimum absolute atomic E-state index is 0.00666. The van der Waals surface area contributed by atoms with Gasteiger partial charge in [-0.3, -0.25) is 4.79 Å². The standard InChI is InChI=1S/C20H20ClN3O4S/c1-4-27-20(26)17-12(2)13(3)29-19(17)23-18(25)15-9-10-22-24(15)11-28-16-8-6-5-7-14(16)21/h5-10H,4,11H2,1-3H3,(H,23,25). The third-order valence-electron chi connectivity index (χ3n) is 4.22. The number of amides is 1. The molecule has 0 radical (unpaired) electrons. The molecule has 0 atom stereocenters. The Morgan fingerprint density at radius 2 is 2.00 bits per heavy atom. The molecule has 0 saturated heterocycles. The highest BCUT2D eigenvalue weighted by atomic mass is 35.5. The number of anilines is 1. The quantitative estimate of drug-likeness (QED) is 0.547. The van der Waals surface area contributed by atoms with E-state index in [0.717, 1.165) is 10.4 Å². The smallest absolute Gasteiger partial charge is 0.341 e. The van der Waals surface area contributed by atoms with Crippen molar-refractivity contribution in [1.82, 2.24) is 9.78 Å². The maximum atomic E-state index is 12.8. The Kier molecular flexibility index (Phi) is 6.56. The van der Waals surface area contributed by atoms with Gasteiger partial charge in [-0.05, 0) is 44.5 Å². The number of nitrogens with zero attached hydrogens (tertiary/aromatic N) is 2. The number of para-hydroxylation sites is 1. The number of aromatic nitrogens is 2. The second-order valence-electron chi connectivity index (χ2n) is 6.08. The molecule has 1 amide bonds. The minimum atomic E-state index is -0.458. The van der Waals surface area contributed by atoms with Gasteiger partial charge in [-0.1, -0.05) is 23.7 Å². The molecule has 0 bridgehead atoms. The summed E-state index contributed by atoms with van der Waals surface area (Å²) in [6.45, 7) is 5.72. The highest BCUT2D eigenvalue weighted by Crippen LogP contribution is 2.33. The third-order valence-corrected chi connectivity index (χ3v) is 5.66. The maximum Gasteiger partial charge on any atom is 0.341 e. The Hall–Kier alpha value is -2.84. The lowest BCUT2D eigenvalue weighted by Crippen LogP contribution is -2.20. The van der Waals surface area contributed by atoms with Crippen LogP contribution < -0.4 is 10.1 Å². The van der Waals surface area contributed by atoms with Crippen molar-refractivity contribution in [2.75, 3.05) is 11.9 Å². The average molecular weight is 434 g/mol. The molecular formula is C20H20ClN3O4S. The van der Waals surface area contributed by atoms with Crippen molar-refractivity contribution in [2.45, 2.75) is 27.5 Å². The number of thiophene rings is 1. The summed E-state index contributed by atoms with van der Waals surface area (Å²) in [5, 5.41) is 7.85. The predicted octanol–water partition coefficient (Wildman–Crippen LogP) is 4.68. The van der Waals surface area contributed by atoms with Crippen molar-refractivity contribution in [2.24, 2.45) is 0 Å². The molecule has 2 aromatic heterocycles. The fraction of sp³-hybridized carbons (Fsp3) is 0.250. The largest absolute Gasteiger partial charge is 0.470 e. The van der Waals surface area contributed by atoms with Crippen LogP contribution in [0, 0.1) is 13.8 Å². The summed E-state index contributed by atoms with van der Waals surface area (Å²) in [6, 6.07) is 8.62. The average Bonchev–Trinajstić information content (AvgIpc) is 3.26. The summed E-state index contributed by atoms with van der Waals surface area (Å²) in [5.41, 5.74) is 1.45. The van der Waals surface area contributed by atoms with E-state index in [9.17, 15) is 9.59 Å². The first-order valence-electron chi connectivity index (χ1n) is 8.90. The number of aryl methyl sites for hydroxylation is 1. The first kappa shape index (κ1) is 20.9. The van der Waals surface area contributed by atoms with Crippen molar-refractivity contribution in [3.8, 4) is 5.75 Å². The van der Waals surface area contributed by atoms with E-state index < -0.39 is 11.9 Å². The second-order valence-corrected chi connectivity index (χ2v) is 7.71. The second kappa shape index (κ2) is 9.11. The van der Waals surface area contributed by atoms with E-state index in [1.807, 2.05) is 13.8 Å². The molecule has 29 heavy (non-hydrogen) atoms. The van der Waals surface area contributed by atoms with Gasteiger partial charge >= 0.3 is 5.97 Å². The summed E-state index contributed by atoms with van der Waals surface area (Å²) in [4.78, 5) is 26.1. The summed E-state index contributed by atoms with van der Waals surface area (Å²) in [6.07, 6.45) is 1.50. The van der Waals surface area contributed by atoms with Crippen LogP contribution in [0.15, 0.2) is 36.5 Å². The number of carbonyl (C=O) groups excluding carboxylic acids is 2. The Bertz CT molecular complexity index is 1040. The molecule has 2 heterocycles. The van der Waals surface area contributed by atoms with Crippen LogP contribution in [0.25, 0.3) is 0 Å². The van der Waals surface area contributed by atoms with Crippen LogP contribution in [-0.4, -0.2) is 28.3 Å². The van der Waals surface area contributed by atoms with E-state index in [0.29, 0.717) is 21.3 Å². The first-order chi connectivity index (χ1) is 13.9. The molecule has 0 aliphatic rings. The molecule has 0 aliphatic carbocycles. The highest BCUT2D eigenvalue weighted by molar-refractivity contribution is 7.16. The van der Waals surface area contributed by atoms with Crippen LogP contribution in [0.4, 0.5) is 5.00 Å². The van der Waals surface area contributed by atoms with Crippen LogP contribution in [-0.2, 0) is 11.5 Å². The molecule has 0 aliphatic heterocycles. The number of nitrogens with one attached hydrogen (secondary N) is 1. The Morgan fingerprint density at radius 1 is 1.24 bits per heavy atom. The molecule has 0 fully saturated rings. The van der Waals surface area contributed by atoms with Gasteiger partial charge in [0.15, 0.2) is 6.73 Å². The van der Waals surface area contributed by atoms with Gasteiger partial charge in [0.25, 0.3) is 5.91 Å². The molecule has 0 saturated carbocycles. The fourth-order valence-corrected chi connectivity index (χ4v) is 3.89. The van der Waals surface area contributed by atoms with Gasteiger partial charge in [0.1, 0.15) is 16.4 Å². The molecule has 0 spiro atoms. The van der Waals surface area contributed by atoms with E-state index in [1.165, 1.54) is 22.2 Å². The molecule has 7 nitrogen and oxygen atoms in total. The van der Waals surface area contributed by atoms with Crippen LogP contribution in [0.2, 0.25) is 5.02 Å². The zero-order valence-electron chi connectivity index (χ0n) is 16.2. The monoisotopic (exact) mass is 433 g/mol. The summed E-state index contributed by atoms with van der Waals surface area (Å²) in [7, 11) is 0.